The van der Waals surface area contributed by atoms with Crippen LogP contribution in [0.1, 0.15) is 83.7 Å². The number of hydrogen-bond acceptors (Lipinski definition) is 8. The maximum absolute atomic E-state index is 12.6. The van der Waals surface area contributed by atoms with Crippen molar-refractivity contribution in [3.05, 3.63) is 173 Å². The Morgan fingerprint density at radius 2 is 1.05 bits per heavy atom. The van der Waals surface area contributed by atoms with Crippen LogP contribution in [0, 0.1) is 11.8 Å². The number of carbonyl (C=O) groups excluding carboxylic acids is 4. The summed E-state index contributed by atoms with van der Waals surface area (Å²) in [6.45, 7) is 11.5. The second-order valence-corrected chi connectivity index (χ2v) is 13.5. The Labute approximate surface area is 331 Å². The minimum atomic E-state index is -0.625. The molecule has 8 heteroatoms. The molecule has 5 aromatic carbocycles. The van der Waals surface area contributed by atoms with Gasteiger partial charge in [-0.2, -0.15) is 0 Å². The summed E-state index contributed by atoms with van der Waals surface area (Å²) in [4.78, 5) is 48.4. The summed E-state index contributed by atoms with van der Waals surface area (Å²) in [5, 5.41) is 0. The first kappa shape index (κ1) is 44.1. The van der Waals surface area contributed by atoms with Crippen LogP contribution in [0.4, 0.5) is 0 Å². The van der Waals surface area contributed by atoms with E-state index in [0.29, 0.717) is 29.0 Å². The molecule has 0 aliphatic carbocycles. The molecule has 5 rings (SSSR count). The van der Waals surface area contributed by atoms with Gasteiger partial charge >= 0.3 is 11.9 Å². The van der Waals surface area contributed by atoms with E-state index in [1.165, 1.54) is 6.08 Å². The molecule has 8 nitrogen and oxygen atoms in total. The summed E-state index contributed by atoms with van der Waals surface area (Å²) >= 11 is 0. The third kappa shape index (κ3) is 15.2. The Bertz CT molecular complexity index is 1920. The van der Waals surface area contributed by atoms with Crippen molar-refractivity contribution in [2.45, 2.75) is 60.4 Å². The average molecular weight is 757 g/mol. The molecule has 0 aliphatic heterocycles. The van der Waals surface area contributed by atoms with Gasteiger partial charge in [0.25, 0.3) is 0 Å². The number of rotatable bonds is 14. The number of benzene rings is 5. The third-order valence-corrected chi connectivity index (χ3v) is 7.91. The van der Waals surface area contributed by atoms with E-state index in [1.54, 1.807) is 55.7 Å². The molecule has 0 N–H and O–H groups in total. The predicted molar refractivity (Wildman–Crippen MR) is 221 cm³/mol. The van der Waals surface area contributed by atoms with Crippen LogP contribution in [0.3, 0.4) is 0 Å². The number of esters is 2. The number of ketones is 2. The SMILES string of the molecule is CC(C)C(C(=O)c1ccccc1)C(=O)c1ccccc1.CC(C)OC(=O)c1ccccc1OCc1ccccc1.COc1ccc(C=CC(=O)OC(C)C)cc1. The minimum Gasteiger partial charge on any atom is -0.497 e. The van der Waals surface area contributed by atoms with Crippen LogP contribution in [0.2, 0.25) is 0 Å². The lowest BCUT2D eigenvalue weighted by molar-refractivity contribution is -0.141. The Morgan fingerprint density at radius 3 is 1.54 bits per heavy atom. The Morgan fingerprint density at radius 1 is 0.571 bits per heavy atom. The number of Topliss-reactive ketones (excluding diaryl/α,β-unsaturated/α-hetero) is 2. The van der Waals surface area contributed by atoms with Gasteiger partial charge in [-0.25, -0.2) is 9.59 Å². The quantitative estimate of drug-likeness (QED) is 0.0477. The van der Waals surface area contributed by atoms with Crippen LogP contribution < -0.4 is 9.47 Å². The summed E-state index contributed by atoms with van der Waals surface area (Å²) in [6.07, 6.45) is 2.89. The summed E-state index contributed by atoms with van der Waals surface area (Å²) in [6, 6.07) is 42.4. The molecule has 0 radical (unpaired) electrons. The van der Waals surface area contributed by atoms with E-state index in [0.717, 1.165) is 16.9 Å². The van der Waals surface area contributed by atoms with Crippen LogP contribution in [0.15, 0.2) is 146 Å². The Kier molecular flexibility index (Phi) is 18.5. The highest BCUT2D eigenvalue weighted by molar-refractivity contribution is 6.16. The van der Waals surface area contributed by atoms with Gasteiger partial charge in [-0.3, -0.25) is 9.59 Å². The van der Waals surface area contributed by atoms with Gasteiger partial charge in [-0.05, 0) is 75.1 Å². The zero-order valence-electron chi connectivity index (χ0n) is 33.2. The first-order valence-electron chi connectivity index (χ1n) is 18.6. The second kappa shape index (κ2) is 23.5. The van der Waals surface area contributed by atoms with Gasteiger partial charge in [0.05, 0.1) is 25.2 Å². The van der Waals surface area contributed by atoms with E-state index < -0.39 is 5.92 Å². The predicted octanol–water partition coefficient (Wildman–Crippen LogP) is 10.5. The van der Waals surface area contributed by atoms with Crippen LogP contribution in [0.25, 0.3) is 6.08 Å². The zero-order valence-corrected chi connectivity index (χ0v) is 33.2. The molecule has 0 aromatic heterocycles. The fourth-order valence-electron chi connectivity index (χ4n) is 5.21. The molecule has 0 atom stereocenters. The normalized spacial score (nSPS) is 10.6. The van der Waals surface area contributed by atoms with E-state index in [-0.39, 0.29) is 41.6 Å². The van der Waals surface area contributed by atoms with Gasteiger partial charge in [0.2, 0.25) is 0 Å². The molecule has 0 spiro atoms. The second-order valence-electron chi connectivity index (χ2n) is 13.5. The van der Waals surface area contributed by atoms with Crippen LogP contribution >= 0.6 is 0 Å². The van der Waals surface area contributed by atoms with Crippen molar-refractivity contribution in [3.63, 3.8) is 0 Å². The number of hydrogen-bond donors (Lipinski definition) is 0. The fraction of sp³-hybridized carbons (Fsp3) is 0.250. The summed E-state index contributed by atoms with van der Waals surface area (Å²) in [7, 11) is 1.62. The molecular weight excluding hydrogens is 705 g/mol. The molecule has 0 bridgehead atoms. The van der Waals surface area contributed by atoms with Crippen LogP contribution in [-0.2, 0) is 20.9 Å². The van der Waals surface area contributed by atoms with E-state index in [9.17, 15) is 19.2 Å². The lowest BCUT2D eigenvalue weighted by Gasteiger charge is -2.18. The summed E-state index contributed by atoms with van der Waals surface area (Å²) in [5.41, 5.74) is 3.63. The van der Waals surface area contributed by atoms with Crippen molar-refractivity contribution in [1.29, 1.82) is 0 Å². The number of para-hydroxylation sites is 1. The van der Waals surface area contributed by atoms with E-state index >= 15 is 0 Å². The first-order valence-corrected chi connectivity index (χ1v) is 18.6. The monoisotopic (exact) mass is 756 g/mol. The third-order valence-electron chi connectivity index (χ3n) is 7.91. The maximum Gasteiger partial charge on any atom is 0.342 e. The fourth-order valence-corrected chi connectivity index (χ4v) is 5.21. The molecule has 0 aliphatic rings. The lowest BCUT2D eigenvalue weighted by Crippen LogP contribution is -2.29. The van der Waals surface area contributed by atoms with Gasteiger partial charge < -0.3 is 18.9 Å². The smallest absolute Gasteiger partial charge is 0.342 e. The largest absolute Gasteiger partial charge is 0.497 e. The highest BCUT2D eigenvalue weighted by atomic mass is 16.5. The van der Waals surface area contributed by atoms with Crippen molar-refractivity contribution >= 4 is 29.6 Å². The van der Waals surface area contributed by atoms with E-state index in [4.69, 9.17) is 18.9 Å². The standard InChI is InChI=1S/C18H18O2.C17H18O3.C13H16O3/c1-13(2)16(17(19)14-9-5-3-6-10-14)18(20)15-11-7-4-8-12-15;1-13(2)20-17(18)15-10-6-7-11-16(15)19-12-14-8-4-3-5-9-14;1-10(2)16-13(14)9-6-11-4-7-12(15-3)8-5-11/h3-13,16H,1-2H3;3-11,13H,12H2,1-2H3;4-10H,1-3H3. The van der Waals surface area contributed by atoms with Gasteiger partial charge in [-0.1, -0.05) is 129 Å². The highest BCUT2D eigenvalue weighted by Gasteiger charge is 2.31. The molecular formula is C48H52O8. The molecule has 0 heterocycles. The van der Waals surface area contributed by atoms with Gasteiger partial charge in [-0.15, -0.1) is 0 Å². The molecule has 292 valence electrons. The molecule has 56 heavy (non-hydrogen) atoms. The van der Waals surface area contributed by atoms with Crippen molar-refractivity contribution in [3.8, 4) is 11.5 Å². The minimum absolute atomic E-state index is 0.0320. The highest BCUT2D eigenvalue weighted by Crippen LogP contribution is 2.23. The van der Waals surface area contributed by atoms with E-state index in [2.05, 4.69) is 0 Å². The van der Waals surface area contributed by atoms with Crippen molar-refractivity contribution < 1.29 is 38.1 Å². The lowest BCUT2D eigenvalue weighted by atomic mass is 9.82. The van der Waals surface area contributed by atoms with Gasteiger partial charge in [0, 0.05) is 17.2 Å². The molecule has 0 unspecified atom stereocenters. The Balaban J connectivity index is 0.000000227. The zero-order chi connectivity index (χ0) is 40.9. The summed E-state index contributed by atoms with van der Waals surface area (Å²) < 4.78 is 20.9. The maximum atomic E-state index is 12.6. The van der Waals surface area contributed by atoms with Gasteiger partial charge in [0.1, 0.15) is 23.7 Å². The molecule has 0 saturated heterocycles. The first-order chi connectivity index (χ1) is 26.9. The topological polar surface area (TPSA) is 105 Å². The number of ether oxygens (including phenoxy) is 4. The number of methoxy groups -OCH3 is 1. The van der Waals surface area contributed by atoms with Crippen molar-refractivity contribution in [1.82, 2.24) is 0 Å². The Hall–Kier alpha value is -6.28. The molecule has 0 fully saturated rings. The van der Waals surface area contributed by atoms with E-state index in [1.807, 2.05) is 139 Å². The molecule has 5 aromatic rings. The number of carbonyl (C=O) groups is 4. The van der Waals surface area contributed by atoms with Crippen molar-refractivity contribution in [2.24, 2.45) is 11.8 Å². The molecule has 0 amide bonds. The van der Waals surface area contributed by atoms with Crippen molar-refractivity contribution in [2.75, 3.05) is 7.11 Å². The molecule has 0 saturated carbocycles. The van der Waals surface area contributed by atoms with Crippen LogP contribution in [-0.4, -0.2) is 42.8 Å². The summed E-state index contributed by atoms with van der Waals surface area (Å²) in [5.74, 6) is -0.211. The van der Waals surface area contributed by atoms with Gasteiger partial charge in [0.15, 0.2) is 11.6 Å². The average Bonchev–Trinajstić information content (AvgIpc) is 3.20. The van der Waals surface area contributed by atoms with Crippen LogP contribution in [0.5, 0.6) is 11.5 Å².